The number of rotatable bonds is 7. The van der Waals surface area contributed by atoms with Crippen molar-refractivity contribution in [1.29, 1.82) is 0 Å². The molecule has 0 aliphatic heterocycles. The third-order valence-electron chi connectivity index (χ3n) is 11.4. The SMILES string of the molecule is [2H]c1c([2H])c([2H])c2c(c1[2H])c1c([Si](c3ccccc3)(c3ccccc3)c3ccc(-c4ccccc4)cc3)c([2H])c([2H])c([2H])c1n2-c1cccc2c1c1ccccc1n2-c1ccccc1. The molecule has 0 aliphatic carbocycles. The zero-order valence-corrected chi connectivity index (χ0v) is 31.8. The summed E-state index contributed by atoms with van der Waals surface area (Å²) >= 11 is 0. The molecule has 11 aromatic rings. The molecule has 0 saturated carbocycles. The van der Waals surface area contributed by atoms with E-state index in [1.54, 1.807) is 4.57 Å². The maximum atomic E-state index is 10.2. The Balaban J connectivity index is 1.38. The highest BCUT2D eigenvalue weighted by Crippen LogP contribution is 2.40. The van der Waals surface area contributed by atoms with Gasteiger partial charge in [-0.25, -0.2) is 0 Å². The lowest BCUT2D eigenvalue weighted by Crippen LogP contribution is -2.74. The van der Waals surface area contributed by atoms with Crippen molar-refractivity contribution < 1.29 is 9.60 Å². The number of hydrogen-bond acceptors (Lipinski definition) is 0. The lowest BCUT2D eigenvalue weighted by Gasteiger charge is -2.35. The fourth-order valence-electron chi connectivity index (χ4n) is 8.99. The summed E-state index contributed by atoms with van der Waals surface area (Å²) in [5.74, 6) is 0. The van der Waals surface area contributed by atoms with Crippen LogP contribution in [0.4, 0.5) is 0 Å². The van der Waals surface area contributed by atoms with Crippen LogP contribution in [0.5, 0.6) is 0 Å². The summed E-state index contributed by atoms with van der Waals surface area (Å²) in [6.07, 6.45) is 0. The smallest absolute Gasteiger partial charge is 0.180 e. The molecule has 11 rings (SSSR count). The molecule has 9 aromatic carbocycles. The molecule has 2 heterocycles. The largest absolute Gasteiger partial charge is 0.309 e. The zero-order chi connectivity index (χ0) is 43.9. The summed E-state index contributed by atoms with van der Waals surface area (Å²) in [5.41, 5.74) is 5.87. The molecule has 2 aromatic heterocycles. The summed E-state index contributed by atoms with van der Waals surface area (Å²) in [6, 6.07) is 60.8. The third kappa shape index (κ3) is 5.10. The Morgan fingerprint density at radius 2 is 0.912 bits per heavy atom. The van der Waals surface area contributed by atoms with E-state index in [2.05, 4.69) is 89.5 Å². The number of aromatic nitrogens is 2. The Hall–Kier alpha value is -7.20. The Kier molecular flexibility index (Phi) is 6.30. The maximum Gasteiger partial charge on any atom is 0.180 e. The van der Waals surface area contributed by atoms with Crippen LogP contribution in [0.25, 0.3) is 66.1 Å². The van der Waals surface area contributed by atoms with E-state index >= 15 is 0 Å². The second-order valence-corrected chi connectivity index (χ2v) is 18.0. The van der Waals surface area contributed by atoms with Crippen molar-refractivity contribution in [3.63, 3.8) is 0 Å². The molecule has 0 atom stereocenters. The van der Waals surface area contributed by atoms with Gasteiger partial charge in [0.15, 0.2) is 8.07 Å². The fourth-order valence-corrected chi connectivity index (χ4v) is 13.8. The molecule has 0 bridgehead atoms. The molecule has 268 valence electrons. The van der Waals surface area contributed by atoms with Gasteiger partial charge >= 0.3 is 0 Å². The number of benzene rings is 9. The average Bonchev–Trinajstić information content (AvgIpc) is 3.89. The second-order valence-electron chi connectivity index (χ2n) is 14.3. The van der Waals surface area contributed by atoms with E-state index < -0.39 is 20.2 Å². The van der Waals surface area contributed by atoms with E-state index in [1.165, 1.54) is 0 Å². The van der Waals surface area contributed by atoms with Crippen LogP contribution < -0.4 is 20.7 Å². The van der Waals surface area contributed by atoms with E-state index in [4.69, 9.17) is 2.74 Å². The Bertz CT molecular complexity index is 3570. The van der Waals surface area contributed by atoms with Crippen molar-refractivity contribution in [2.45, 2.75) is 0 Å². The molecule has 3 heteroatoms. The van der Waals surface area contributed by atoms with E-state index in [-0.39, 0.29) is 46.6 Å². The molecule has 0 radical (unpaired) electrons. The van der Waals surface area contributed by atoms with Crippen molar-refractivity contribution in [2.75, 3.05) is 0 Å². The van der Waals surface area contributed by atoms with Crippen LogP contribution in [0.1, 0.15) is 9.60 Å². The minimum Gasteiger partial charge on any atom is -0.309 e. The highest BCUT2D eigenvalue weighted by atomic mass is 28.3. The molecular weight excluding hydrogens is 705 g/mol. The van der Waals surface area contributed by atoms with Gasteiger partial charge in [-0.05, 0) is 74.3 Å². The van der Waals surface area contributed by atoms with Crippen LogP contribution in [0, 0.1) is 0 Å². The van der Waals surface area contributed by atoms with Gasteiger partial charge in [-0.1, -0.05) is 188 Å². The molecule has 0 aliphatic rings. The van der Waals surface area contributed by atoms with E-state index in [0.29, 0.717) is 16.3 Å². The first-order valence-corrected chi connectivity index (χ1v) is 21.1. The molecule has 0 saturated heterocycles. The van der Waals surface area contributed by atoms with Crippen molar-refractivity contribution in [3.8, 4) is 22.5 Å². The van der Waals surface area contributed by atoms with Crippen molar-refractivity contribution in [3.05, 3.63) is 230 Å². The summed E-state index contributed by atoms with van der Waals surface area (Å²) < 4.78 is 71.5. The fraction of sp³-hybridized carbons (Fsp3) is 0. The summed E-state index contributed by atoms with van der Waals surface area (Å²) in [6.45, 7) is 0. The van der Waals surface area contributed by atoms with Crippen molar-refractivity contribution in [2.24, 2.45) is 0 Å². The lowest BCUT2D eigenvalue weighted by molar-refractivity contribution is 1.17. The highest BCUT2D eigenvalue weighted by molar-refractivity contribution is 7.20. The van der Waals surface area contributed by atoms with Gasteiger partial charge in [0, 0.05) is 27.2 Å². The number of para-hydroxylation sites is 3. The van der Waals surface area contributed by atoms with Gasteiger partial charge in [0.1, 0.15) is 0 Å². The van der Waals surface area contributed by atoms with Crippen LogP contribution in [-0.2, 0) is 0 Å². The van der Waals surface area contributed by atoms with Gasteiger partial charge in [-0.2, -0.15) is 0 Å². The maximum absolute atomic E-state index is 10.2. The van der Waals surface area contributed by atoms with E-state index in [0.717, 1.165) is 54.2 Å². The van der Waals surface area contributed by atoms with Gasteiger partial charge in [-0.15, -0.1) is 0 Å². The number of hydrogen-bond donors (Lipinski definition) is 0. The molecule has 57 heavy (non-hydrogen) atoms. The molecule has 0 unspecified atom stereocenters. The van der Waals surface area contributed by atoms with E-state index in [9.17, 15) is 6.85 Å². The van der Waals surface area contributed by atoms with Crippen LogP contribution in [0.2, 0.25) is 0 Å². The lowest BCUT2D eigenvalue weighted by atomic mass is 10.1. The van der Waals surface area contributed by atoms with Gasteiger partial charge < -0.3 is 9.13 Å². The molecule has 0 N–H and O–H groups in total. The molecule has 0 amide bonds. The molecule has 2 nitrogen and oxygen atoms in total. The number of nitrogens with zero attached hydrogens (tertiary/aromatic N) is 2. The zero-order valence-electron chi connectivity index (χ0n) is 37.8. The summed E-state index contributed by atoms with van der Waals surface area (Å²) in [5, 5.41) is 5.59. The highest BCUT2D eigenvalue weighted by Gasteiger charge is 2.43. The molecular formula is C54H38N2Si. The first kappa shape index (κ1) is 26.6. The van der Waals surface area contributed by atoms with Crippen LogP contribution in [0.3, 0.4) is 0 Å². The number of fused-ring (bicyclic) bond motifs is 6. The van der Waals surface area contributed by atoms with E-state index in [1.807, 2.05) is 103 Å². The predicted octanol–water partition coefficient (Wildman–Crippen LogP) is 10.9. The second kappa shape index (κ2) is 13.5. The first-order chi connectivity index (χ1) is 31.2. The summed E-state index contributed by atoms with van der Waals surface area (Å²) in [7, 11) is -3.76. The third-order valence-corrected chi connectivity index (χ3v) is 16.1. The normalized spacial score (nSPS) is 13.6. The van der Waals surface area contributed by atoms with Crippen LogP contribution in [0.15, 0.2) is 230 Å². The predicted molar refractivity (Wildman–Crippen MR) is 244 cm³/mol. The minimum atomic E-state index is -3.76. The average molecular weight is 750 g/mol. The van der Waals surface area contributed by atoms with Crippen LogP contribution in [-0.4, -0.2) is 17.2 Å². The topological polar surface area (TPSA) is 9.86 Å². The standard InChI is InChI=1S/C54H38N2Si/c1-5-19-39(20-6-1)40-35-37-44(38-36-40)57(42-23-9-3-10-24-42,43-25-11-4-12-26-43)52-34-18-33-51-54(52)46-28-14-16-30-48(46)56(51)50-32-17-31-49-53(50)45-27-13-15-29-47(45)55(49)41-21-7-2-8-22-41/h1-38H/i14D,16D,18D,28D,30D,33D,34D. The van der Waals surface area contributed by atoms with Crippen LogP contribution >= 0.6 is 0 Å². The van der Waals surface area contributed by atoms with Gasteiger partial charge in [0.2, 0.25) is 0 Å². The van der Waals surface area contributed by atoms with Gasteiger partial charge in [-0.3, -0.25) is 0 Å². The Morgan fingerprint density at radius 1 is 0.351 bits per heavy atom. The Morgan fingerprint density at radius 3 is 1.63 bits per heavy atom. The monoisotopic (exact) mass is 749 g/mol. The first-order valence-electron chi connectivity index (χ1n) is 22.6. The van der Waals surface area contributed by atoms with Gasteiger partial charge in [0.25, 0.3) is 0 Å². The quantitative estimate of drug-likeness (QED) is 0.113. The van der Waals surface area contributed by atoms with Crippen molar-refractivity contribution in [1.82, 2.24) is 9.13 Å². The minimum absolute atomic E-state index is 0.144. The summed E-state index contributed by atoms with van der Waals surface area (Å²) in [4.78, 5) is 0. The Labute approximate surface area is 343 Å². The van der Waals surface area contributed by atoms with Gasteiger partial charge in [0.05, 0.1) is 37.3 Å². The molecule has 0 spiro atoms. The molecule has 0 fully saturated rings. The van der Waals surface area contributed by atoms with Crippen molar-refractivity contribution >= 4 is 72.4 Å².